The zero-order valence-corrected chi connectivity index (χ0v) is 11.5. The van der Waals surface area contributed by atoms with Crippen LogP contribution in [0, 0.1) is 16.7 Å². The fourth-order valence-corrected chi connectivity index (χ4v) is 3.35. The summed E-state index contributed by atoms with van der Waals surface area (Å²) in [6.07, 6.45) is 4.22. The summed E-state index contributed by atoms with van der Waals surface area (Å²) in [7, 11) is 0. The Balaban J connectivity index is 1.97. The predicted molar refractivity (Wildman–Crippen MR) is 69.5 cm³/mol. The molecule has 2 rings (SSSR count). The van der Waals surface area contributed by atoms with E-state index in [0.717, 1.165) is 38.8 Å². The van der Waals surface area contributed by atoms with Crippen LogP contribution in [0.25, 0.3) is 0 Å². The van der Waals surface area contributed by atoms with Crippen molar-refractivity contribution in [2.45, 2.75) is 46.5 Å². The number of nitrogens with two attached hydrogens (primary N) is 1. The molecule has 2 fully saturated rings. The molecular formula is C14H26N2O. The van der Waals surface area contributed by atoms with Gasteiger partial charge in [-0.15, -0.1) is 0 Å². The molecule has 17 heavy (non-hydrogen) atoms. The number of amides is 1. The molecule has 1 saturated carbocycles. The standard InChI is InChI=1S/C14H26N2O/c1-11-8-14(9-11,10-15)12(17)16-6-4-13(2,3)5-7-16/h11H,4-10,15H2,1-3H3. The topological polar surface area (TPSA) is 46.3 Å². The fraction of sp³-hybridized carbons (Fsp3) is 0.929. The second-order valence-electron chi connectivity index (χ2n) is 6.95. The molecule has 0 unspecified atom stereocenters. The van der Waals surface area contributed by atoms with Crippen molar-refractivity contribution in [1.82, 2.24) is 4.90 Å². The molecule has 1 heterocycles. The van der Waals surface area contributed by atoms with E-state index in [-0.39, 0.29) is 5.41 Å². The van der Waals surface area contributed by atoms with Crippen molar-refractivity contribution in [2.75, 3.05) is 19.6 Å². The number of rotatable bonds is 2. The average Bonchev–Trinajstić information content (AvgIpc) is 2.23. The van der Waals surface area contributed by atoms with Crippen LogP contribution in [0.2, 0.25) is 0 Å². The van der Waals surface area contributed by atoms with E-state index in [2.05, 4.69) is 25.7 Å². The van der Waals surface area contributed by atoms with Crippen LogP contribution in [0.4, 0.5) is 0 Å². The minimum atomic E-state index is -0.207. The lowest BCUT2D eigenvalue weighted by molar-refractivity contribution is -0.151. The summed E-state index contributed by atoms with van der Waals surface area (Å²) in [5, 5.41) is 0. The van der Waals surface area contributed by atoms with Crippen LogP contribution in [0.5, 0.6) is 0 Å². The molecule has 0 bridgehead atoms. The molecule has 1 amide bonds. The van der Waals surface area contributed by atoms with Gasteiger partial charge in [0.2, 0.25) is 5.91 Å². The third-order valence-corrected chi connectivity index (χ3v) is 4.73. The number of carbonyl (C=O) groups excluding carboxylic acids is 1. The van der Waals surface area contributed by atoms with Gasteiger partial charge in [-0.05, 0) is 37.0 Å². The van der Waals surface area contributed by atoms with E-state index in [9.17, 15) is 4.79 Å². The largest absolute Gasteiger partial charge is 0.342 e. The highest BCUT2D eigenvalue weighted by atomic mass is 16.2. The van der Waals surface area contributed by atoms with E-state index in [4.69, 9.17) is 5.73 Å². The molecule has 0 atom stereocenters. The summed E-state index contributed by atoms with van der Waals surface area (Å²) in [6.45, 7) is 9.15. The SMILES string of the molecule is CC1CC(CN)(C(=O)N2CCC(C)(C)CC2)C1. The van der Waals surface area contributed by atoms with Gasteiger partial charge in [0.15, 0.2) is 0 Å². The molecular weight excluding hydrogens is 212 g/mol. The lowest BCUT2D eigenvalue weighted by atomic mass is 9.61. The molecule has 3 nitrogen and oxygen atoms in total. The second-order valence-corrected chi connectivity index (χ2v) is 6.95. The predicted octanol–water partition coefficient (Wildman–Crippen LogP) is 2.01. The summed E-state index contributed by atoms with van der Waals surface area (Å²) in [5.41, 5.74) is 6.04. The Hall–Kier alpha value is -0.570. The molecule has 1 saturated heterocycles. The van der Waals surface area contributed by atoms with Crippen molar-refractivity contribution < 1.29 is 4.79 Å². The van der Waals surface area contributed by atoms with Gasteiger partial charge < -0.3 is 10.6 Å². The third kappa shape index (κ3) is 2.35. The number of hydrogen-bond acceptors (Lipinski definition) is 2. The molecule has 3 heteroatoms. The highest BCUT2D eigenvalue weighted by Gasteiger charge is 2.49. The molecule has 0 spiro atoms. The van der Waals surface area contributed by atoms with Gasteiger partial charge in [-0.2, -0.15) is 0 Å². The van der Waals surface area contributed by atoms with Gasteiger partial charge >= 0.3 is 0 Å². The minimum Gasteiger partial charge on any atom is -0.342 e. The van der Waals surface area contributed by atoms with Crippen molar-refractivity contribution in [3.05, 3.63) is 0 Å². The Kier molecular flexibility index (Phi) is 3.23. The number of carbonyl (C=O) groups is 1. The number of nitrogens with zero attached hydrogens (tertiary/aromatic N) is 1. The van der Waals surface area contributed by atoms with Gasteiger partial charge in [-0.1, -0.05) is 20.8 Å². The van der Waals surface area contributed by atoms with E-state index in [1.54, 1.807) is 0 Å². The maximum atomic E-state index is 12.5. The van der Waals surface area contributed by atoms with Crippen molar-refractivity contribution in [3.63, 3.8) is 0 Å². The summed E-state index contributed by atoms with van der Waals surface area (Å²) >= 11 is 0. The van der Waals surface area contributed by atoms with Gasteiger partial charge in [-0.25, -0.2) is 0 Å². The number of hydrogen-bond donors (Lipinski definition) is 1. The summed E-state index contributed by atoms with van der Waals surface area (Å²) in [5.74, 6) is 0.998. The first-order chi connectivity index (χ1) is 7.88. The normalized spacial score (nSPS) is 36.5. The lowest BCUT2D eigenvalue weighted by Gasteiger charge is -2.48. The Bertz CT molecular complexity index is 295. The zero-order valence-electron chi connectivity index (χ0n) is 11.5. The maximum absolute atomic E-state index is 12.5. The van der Waals surface area contributed by atoms with Gasteiger partial charge in [0.05, 0.1) is 5.41 Å². The maximum Gasteiger partial charge on any atom is 0.230 e. The average molecular weight is 238 g/mol. The molecule has 98 valence electrons. The van der Waals surface area contributed by atoms with Gasteiger partial charge in [0.25, 0.3) is 0 Å². The van der Waals surface area contributed by atoms with Gasteiger partial charge in [0.1, 0.15) is 0 Å². The highest BCUT2D eigenvalue weighted by Crippen LogP contribution is 2.46. The van der Waals surface area contributed by atoms with Crippen molar-refractivity contribution in [2.24, 2.45) is 22.5 Å². The Morgan fingerprint density at radius 3 is 2.24 bits per heavy atom. The van der Waals surface area contributed by atoms with E-state index >= 15 is 0 Å². The van der Waals surface area contributed by atoms with E-state index in [1.165, 1.54) is 0 Å². The van der Waals surface area contributed by atoms with Crippen LogP contribution in [0.3, 0.4) is 0 Å². The van der Waals surface area contributed by atoms with Crippen molar-refractivity contribution in [3.8, 4) is 0 Å². The van der Waals surface area contributed by atoms with E-state index in [1.807, 2.05) is 0 Å². The number of likely N-dealkylation sites (tertiary alicyclic amines) is 1. The first kappa shape index (κ1) is 12.9. The lowest BCUT2D eigenvalue weighted by Crippen LogP contribution is -2.56. The quantitative estimate of drug-likeness (QED) is 0.800. The van der Waals surface area contributed by atoms with Gasteiger partial charge in [-0.3, -0.25) is 4.79 Å². The van der Waals surface area contributed by atoms with Crippen LogP contribution in [-0.4, -0.2) is 30.4 Å². The molecule has 0 aromatic rings. The Morgan fingerprint density at radius 1 is 1.29 bits per heavy atom. The molecule has 0 radical (unpaired) electrons. The van der Waals surface area contributed by atoms with Crippen LogP contribution >= 0.6 is 0 Å². The molecule has 2 N–H and O–H groups in total. The number of piperidine rings is 1. The van der Waals surface area contributed by atoms with Crippen LogP contribution < -0.4 is 5.73 Å². The molecule has 2 aliphatic rings. The summed E-state index contributed by atoms with van der Waals surface area (Å²) < 4.78 is 0. The summed E-state index contributed by atoms with van der Waals surface area (Å²) in [4.78, 5) is 14.6. The van der Waals surface area contributed by atoms with E-state index < -0.39 is 0 Å². The Labute approximate surface area is 105 Å². The van der Waals surface area contributed by atoms with E-state index in [0.29, 0.717) is 23.8 Å². The van der Waals surface area contributed by atoms with Crippen LogP contribution in [-0.2, 0) is 4.79 Å². The third-order valence-electron chi connectivity index (χ3n) is 4.73. The van der Waals surface area contributed by atoms with Crippen LogP contribution in [0.15, 0.2) is 0 Å². The van der Waals surface area contributed by atoms with Crippen LogP contribution in [0.1, 0.15) is 46.5 Å². The minimum absolute atomic E-state index is 0.207. The fourth-order valence-electron chi connectivity index (χ4n) is 3.35. The zero-order chi connectivity index (χ0) is 12.7. The van der Waals surface area contributed by atoms with Gasteiger partial charge in [0, 0.05) is 19.6 Å². The smallest absolute Gasteiger partial charge is 0.230 e. The summed E-state index contributed by atoms with van der Waals surface area (Å²) in [6, 6.07) is 0. The first-order valence-corrected chi connectivity index (χ1v) is 6.88. The van der Waals surface area contributed by atoms with Crippen molar-refractivity contribution in [1.29, 1.82) is 0 Å². The molecule has 1 aliphatic heterocycles. The second kappa shape index (κ2) is 4.27. The highest BCUT2D eigenvalue weighted by molar-refractivity contribution is 5.84. The monoisotopic (exact) mass is 238 g/mol. The van der Waals surface area contributed by atoms with Crippen molar-refractivity contribution >= 4 is 5.91 Å². The molecule has 0 aromatic carbocycles. The first-order valence-electron chi connectivity index (χ1n) is 6.88. The molecule has 1 aliphatic carbocycles. The molecule has 0 aromatic heterocycles. The Morgan fingerprint density at radius 2 is 1.82 bits per heavy atom.